The van der Waals surface area contributed by atoms with Crippen LogP contribution in [0.15, 0.2) is 15.6 Å². The number of carbonyl (C=O) groups excluding carboxylic acids is 1. The third-order valence-electron chi connectivity index (χ3n) is 6.68. The van der Waals surface area contributed by atoms with Crippen LogP contribution in [0.3, 0.4) is 0 Å². The van der Waals surface area contributed by atoms with Gasteiger partial charge in [0.25, 0.3) is 10.0 Å². The molecule has 2 aliphatic rings. The van der Waals surface area contributed by atoms with Gasteiger partial charge in [-0.25, -0.2) is 8.42 Å². The summed E-state index contributed by atoms with van der Waals surface area (Å²) in [7, 11) is -5.58. The first kappa shape index (κ1) is 24.9. The number of likely N-dealkylation sites (tertiary alicyclic amines) is 1. The molecule has 0 aromatic carbocycles. The van der Waals surface area contributed by atoms with Gasteiger partial charge in [-0.3, -0.25) is 14.5 Å². The number of hydrogen-bond acceptors (Lipinski definition) is 7. The first-order valence-corrected chi connectivity index (χ1v) is 15.6. The van der Waals surface area contributed by atoms with Crippen molar-refractivity contribution in [2.24, 2.45) is 10.9 Å². The van der Waals surface area contributed by atoms with E-state index in [0.717, 1.165) is 0 Å². The summed E-state index contributed by atoms with van der Waals surface area (Å²) in [4.78, 5) is 19.7. The minimum Gasteiger partial charge on any atom is -0.412 e. The van der Waals surface area contributed by atoms with Crippen LogP contribution in [0, 0.1) is 12.8 Å². The predicted molar refractivity (Wildman–Crippen MR) is 125 cm³/mol. The van der Waals surface area contributed by atoms with Crippen molar-refractivity contribution in [3.63, 3.8) is 0 Å². The van der Waals surface area contributed by atoms with E-state index < -0.39 is 30.3 Å². The number of nitrogens with zero attached hydrogens (tertiary/aromatic N) is 3. The second kappa shape index (κ2) is 8.57. The van der Waals surface area contributed by atoms with E-state index in [1.54, 1.807) is 11.0 Å². The second-order valence-corrected chi connectivity index (χ2v) is 17.2. The van der Waals surface area contributed by atoms with E-state index in [9.17, 15) is 13.2 Å². The molecule has 3 rings (SSSR count). The summed E-state index contributed by atoms with van der Waals surface area (Å²) in [5.41, 5.74) is 0.712. The molecule has 1 amide bonds. The molecule has 2 aliphatic heterocycles. The number of carbonyl (C=O) groups is 1. The Bertz CT molecular complexity index is 996. The number of aliphatic imine (C=N–C) groups is 1. The zero-order chi connectivity index (χ0) is 24.1. The maximum Gasteiger partial charge on any atom is 0.254 e. The minimum atomic E-state index is -3.50. The molecule has 0 bridgehead atoms. The fourth-order valence-electron chi connectivity index (χ4n) is 3.97. The predicted octanol–water partition coefficient (Wildman–Crippen LogP) is 3.00. The van der Waals surface area contributed by atoms with Crippen LogP contribution >= 0.6 is 0 Å². The van der Waals surface area contributed by atoms with Crippen LogP contribution in [0.25, 0.3) is 0 Å². The molecule has 11 heteroatoms. The van der Waals surface area contributed by atoms with Gasteiger partial charge in [0.15, 0.2) is 14.2 Å². The standard InChI is InChI=1S/C21H36N4O5SSi/c1-13(2)18(17-9-14(3)23-29-17)20(26)25-11-15(30-32(7,8)21(4,5)6)10-16(25)19-22-12-31(27,28)24-19/h9,13,15-16,18H,10-12H2,1-8H3,(H,22,24)/t15-,16+,18?/m1/s1. The van der Waals surface area contributed by atoms with Gasteiger partial charge in [-0.15, -0.1) is 0 Å². The highest BCUT2D eigenvalue weighted by atomic mass is 32.2. The number of amidine groups is 1. The number of aryl methyl sites for hydroxylation is 1. The molecule has 3 heterocycles. The van der Waals surface area contributed by atoms with Crippen LogP contribution in [-0.4, -0.2) is 63.1 Å². The summed E-state index contributed by atoms with van der Waals surface area (Å²) in [5.74, 6) is -0.165. The highest BCUT2D eigenvalue weighted by Crippen LogP contribution is 2.40. The topological polar surface area (TPSA) is 114 Å². The maximum atomic E-state index is 13.8. The number of amides is 1. The van der Waals surface area contributed by atoms with Crippen molar-refractivity contribution in [1.29, 1.82) is 0 Å². The van der Waals surface area contributed by atoms with Gasteiger partial charge >= 0.3 is 0 Å². The first-order chi connectivity index (χ1) is 14.6. The fraction of sp³-hybridized carbons (Fsp3) is 0.762. The average Bonchev–Trinajstić information content (AvgIpc) is 3.32. The van der Waals surface area contributed by atoms with Gasteiger partial charge in [0.1, 0.15) is 17.5 Å². The number of sulfonamides is 1. The van der Waals surface area contributed by atoms with Crippen molar-refractivity contribution in [3.05, 3.63) is 17.5 Å². The van der Waals surface area contributed by atoms with E-state index in [0.29, 0.717) is 30.3 Å². The summed E-state index contributed by atoms with van der Waals surface area (Å²) < 4.78 is 38.6. The molecule has 0 radical (unpaired) electrons. The van der Waals surface area contributed by atoms with E-state index in [4.69, 9.17) is 8.95 Å². The van der Waals surface area contributed by atoms with Gasteiger partial charge < -0.3 is 13.8 Å². The summed E-state index contributed by atoms with van der Waals surface area (Å²) in [6.45, 7) is 17.0. The number of hydrogen-bond donors (Lipinski definition) is 1. The Hall–Kier alpha value is -1.72. The van der Waals surface area contributed by atoms with Crippen molar-refractivity contribution in [2.75, 3.05) is 12.4 Å². The first-order valence-electron chi connectivity index (χ1n) is 11.1. The number of aromatic nitrogens is 1. The Morgan fingerprint density at radius 1 is 1.34 bits per heavy atom. The van der Waals surface area contributed by atoms with E-state index in [2.05, 4.69) is 48.7 Å². The van der Waals surface area contributed by atoms with Crippen LogP contribution in [0.4, 0.5) is 0 Å². The molecule has 9 nitrogen and oxygen atoms in total. The Morgan fingerprint density at radius 2 is 2.00 bits per heavy atom. The Labute approximate surface area is 192 Å². The maximum absolute atomic E-state index is 13.8. The smallest absolute Gasteiger partial charge is 0.254 e. The largest absolute Gasteiger partial charge is 0.412 e. The molecule has 3 atom stereocenters. The van der Waals surface area contributed by atoms with E-state index in [-0.39, 0.29) is 28.8 Å². The molecular formula is C21H36N4O5SSi. The lowest BCUT2D eigenvalue weighted by Gasteiger charge is -2.38. The van der Waals surface area contributed by atoms with Crippen molar-refractivity contribution in [2.45, 2.75) is 84.2 Å². The lowest BCUT2D eigenvalue weighted by atomic mass is 9.91. The Kier molecular flexibility index (Phi) is 6.67. The van der Waals surface area contributed by atoms with Gasteiger partial charge in [-0.05, 0) is 31.0 Å². The Balaban J connectivity index is 1.91. The summed E-state index contributed by atoms with van der Waals surface area (Å²) in [6, 6.07) is 1.30. The minimum absolute atomic E-state index is 0.0181. The summed E-state index contributed by atoms with van der Waals surface area (Å²) in [5, 5.41) is 3.97. The molecule has 1 N–H and O–H groups in total. The third kappa shape index (κ3) is 5.09. The van der Waals surface area contributed by atoms with Crippen LogP contribution in [0.1, 0.15) is 58.4 Å². The fourth-order valence-corrected chi connectivity index (χ4v) is 6.23. The van der Waals surface area contributed by atoms with Gasteiger partial charge in [-0.1, -0.05) is 39.8 Å². The van der Waals surface area contributed by atoms with Gasteiger partial charge in [0, 0.05) is 19.0 Å². The molecular weight excluding hydrogens is 448 g/mol. The quantitative estimate of drug-likeness (QED) is 0.621. The highest BCUT2D eigenvalue weighted by molar-refractivity contribution is 7.90. The number of rotatable bonds is 6. The van der Waals surface area contributed by atoms with E-state index >= 15 is 0 Å². The molecule has 0 saturated carbocycles. The lowest BCUT2D eigenvalue weighted by molar-refractivity contribution is -0.134. The van der Waals surface area contributed by atoms with Crippen LogP contribution in [-0.2, 0) is 19.2 Å². The van der Waals surface area contributed by atoms with Crippen molar-refractivity contribution in [3.8, 4) is 0 Å². The zero-order valence-electron chi connectivity index (χ0n) is 20.3. The lowest BCUT2D eigenvalue weighted by Crippen LogP contribution is -2.47. The van der Waals surface area contributed by atoms with Crippen molar-refractivity contribution >= 4 is 30.1 Å². The SMILES string of the molecule is Cc1cc(C(C(=O)N2C[C@H](O[Si](C)(C)C(C)(C)C)C[C@H]2C2=NCS(=O)(=O)N2)C(C)C)on1. The monoisotopic (exact) mass is 484 g/mol. The van der Waals surface area contributed by atoms with Gasteiger partial charge in [0.2, 0.25) is 5.91 Å². The molecule has 1 aromatic heterocycles. The molecule has 1 unspecified atom stereocenters. The second-order valence-electron chi connectivity index (χ2n) is 10.7. The number of nitrogens with one attached hydrogen (secondary N) is 1. The van der Waals surface area contributed by atoms with Crippen molar-refractivity contribution in [1.82, 2.24) is 14.8 Å². The molecule has 0 aliphatic carbocycles. The summed E-state index contributed by atoms with van der Waals surface area (Å²) >= 11 is 0. The summed E-state index contributed by atoms with van der Waals surface area (Å²) in [6.07, 6.45) is 0.307. The Morgan fingerprint density at radius 3 is 2.47 bits per heavy atom. The van der Waals surface area contributed by atoms with Crippen LogP contribution < -0.4 is 4.72 Å². The van der Waals surface area contributed by atoms with E-state index in [1.165, 1.54) is 0 Å². The molecule has 1 saturated heterocycles. The van der Waals surface area contributed by atoms with Gasteiger partial charge in [0.05, 0.1) is 17.8 Å². The molecule has 1 aromatic rings. The van der Waals surface area contributed by atoms with Crippen molar-refractivity contribution < 1.29 is 22.2 Å². The zero-order valence-corrected chi connectivity index (χ0v) is 22.1. The normalized spacial score (nSPS) is 24.5. The molecule has 0 spiro atoms. The average molecular weight is 485 g/mol. The van der Waals surface area contributed by atoms with Gasteiger partial charge in [-0.2, -0.15) is 0 Å². The molecule has 1 fully saturated rings. The van der Waals surface area contributed by atoms with E-state index in [1.807, 2.05) is 20.8 Å². The highest BCUT2D eigenvalue weighted by Gasteiger charge is 2.47. The van der Waals surface area contributed by atoms with Crippen LogP contribution in [0.5, 0.6) is 0 Å². The molecule has 32 heavy (non-hydrogen) atoms. The van der Waals surface area contributed by atoms with Crippen LogP contribution in [0.2, 0.25) is 18.1 Å². The third-order valence-corrected chi connectivity index (χ3v) is 12.2. The molecule has 180 valence electrons.